The van der Waals surface area contributed by atoms with E-state index in [9.17, 15) is 4.79 Å². The summed E-state index contributed by atoms with van der Waals surface area (Å²) < 4.78 is 5.44. The lowest BCUT2D eigenvalue weighted by atomic mass is 9.96. The molecule has 1 saturated heterocycles. The van der Waals surface area contributed by atoms with Crippen molar-refractivity contribution in [2.75, 3.05) is 13.1 Å². The van der Waals surface area contributed by atoms with Crippen LogP contribution in [-0.2, 0) is 17.6 Å². The van der Waals surface area contributed by atoms with Crippen LogP contribution in [-0.4, -0.2) is 39.7 Å². The van der Waals surface area contributed by atoms with E-state index in [0.717, 1.165) is 44.6 Å². The summed E-state index contributed by atoms with van der Waals surface area (Å²) in [5, 5.41) is 0. The van der Waals surface area contributed by atoms with Gasteiger partial charge in [-0.05, 0) is 46.5 Å². The van der Waals surface area contributed by atoms with Crippen LogP contribution in [0.1, 0.15) is 70.6 Å². The zero-order valence-corrected chi connectivity index (χ0v) is 14.5. The Hall–Kier alpha value is -1.52. The first-order valence-corrected chi connectivity index (χ1v) is 8.39. The Morgan fingerprint density at radius 1 is 1.27 bits per heavy atom. The smallest absolute Gasteiger partial charge is 0.410 e. The van der Waals surface area contributed by atoms with Crippen LogP contribution in [0.25, 0.3) is 0 Å². The summed E-state index contributed by atoms with van der Waals surface area (Å²) in [5.41, 5.74) is 2.01. The highest BCUT2D eigenvalue weighted by atomic mass is 16.6. The molecule has 1 aromatic rings. The Morgan fingerprint density at radius 2 is 1.91 bits per heavy atom. The van der Waals surface area contributed by atoms with Gasteiger partial charge in [0.1, 0.15) is 11.4 Å². The van der Waals surface area contributed by atoms with Crippen molar-refractivity contribution in [2.45, 2.75) is 71.8 Å². The number of likely N-dealkylation sites (tertiary alicyclic amines) is 1. The van der Waals surface area contributed by atoms with E-state index in [1.54, 1.807) is 0 Å². The average Bonchev–Trinajstić information content (AvgIpc) is 2.89. The van der Waals surface area contributed by atoms with Crippen LogP contribution in [0.2, 0.25) is 0 Å². The normalized spacial score (nSPS) is 16.9. The second kappa shape index (κ2) is 6.71. The molecule has 2 heterocycles. The van der Waals surface area contributed by atoms with E-state index in [1.165, 1.54) is 11.4 Å². The Labute approximate surface area is 133 Å². The standard InChI is InChI=1S/C17H29N3O2/c1-6-13-14(7-2)19-15(18-13)12-8-10-20(11-9-12)16(21)22-17(3,4)5/h12H,6-11H2,1-5H3,(H,18,19). The molecule has 0 aliphatic carbocycles. The monoisotopic (exact) mass is 307 g/mol. The maximum atomic E-state index is 12.1. The Bertz CT molecular complexity index is 487. The molecule has 1 amide bonds. The first kappa shape index (κ1) is 16.8. The van der Waals surface area contributed by atoms with E-state index < -0.39 is 5.60 Å². The number of aromatic amines is 1. The molecule has 22 heavy (non-hydrogen) atoms. The van der Waals surface area contributed by atoms with Gasteiger partial charge in [-0.1, -0.05) is 13.8 Å². The highest BCUT2D eigenvalue weighted by Crippen LogP contribution is 2.28. The van der Waals surface area contributed by atoms with E-state index in [4.69, 9.17) is 9.72 Å². The number of nitrogens with zero attached hydrogens (tertiary/aromatic N) is 2. The molecule has 0 aromatic carbocycles. The van der Waals surface area contributed by atoms with Crippen LogP contribution in [0.3, 0.4) is 0 Å². The third kappa shape index (κ3) is 4.02. The SMILES string of the molecule is CCc1nc(C2CCN(C(=O)OC(C)(C)C)CC2)[nH]c1CC. The van der Waals surface area contributed by atoms with Gasteiger partial charge in [0.15, 0.2) is 0 Å². The molecule has 1 N–H and O–H groups in total. The molecule has 1 fully saturated rings. The summed E-state index contributed by atoms with van der Waals surface area (Å²) in [5.74, 6) is 1.52. The van der Waals surface area contributed by atoms with E-state index in [2.05, 4.69) is 18.8 Å². The van der Waals surface area contributed by atoms with Crippen molar-refractivity contribution in [2.24, 2.45) is 0 Å². The highest BCUT2D eigenvalue weighted by molar-refractivity contribution is 5.68. The van der Waals surface area contributed by atoms with Crippen molar-refractivity contribution in [3.8, 4) is 0 Å². The van der Waals surface area contributed by atoms with Crippen molar-refractivity contribution in [1.29, 1.82) is 0 Å². The van der Waals surface area contributed by atoms with Crippen molar-refractivity contribution < 1.29 is 9.53 Å². The fraction of sp³-hybridized carbons (Fsp3) is 0.765. The van der Waals surface area contributed by atoms with Gasteiger partial charge in [-0.3, -0.25) is 0 Å². The van der Waals surface area contributed by atoms with E-state index in [0.29, 0.717) is 5.92 Å². The van der Waals surface area contributed by atoms with Crippen molar-refractivity contribution in [3.63, 3.8) is 0 Å². The third-order valence-corrected chi connectivity index (χ3v) is 4.10. The summed E-state index contributed by atoms with van der Waals surface area (Å²) in [4.78, 5) is 22.2. The number of aryl methyl sites for hydroxylation is 2. The summed E-state index contributed by atoms with van der Waals surface area (Å²) in [7, 11) is 0. The van der Waals surface area contributed by atoms with Crippen LogP contribution in [0, 0.1) is 0 Å². The number of nitrogens with one attached hydrogen (secondary N) is 1. The molecule has 5 nitrogen and oxygen atoms in total. The summed E-state index contributed by atoms with van der Waals surface area (Å²) in [6, 6.07) is 0. The number of imidazole rings is 1. The molecule has 0 bridgehead atoms. The molecule has 0 unspecified atom stereocenters. The average molecular weight is 307 g/mol. The first-order valence-electron chi connectivity index (χ1n) is 8.39. The van der Waals surface area contributed by atoms with Gasteiger partial charge in [-0.15, -0.1) is 0 Å². The maximum Gasteiger partial charge on any atom is 0.410 e. The quantitative estimate of drug-likeness (QED) is 0.927. The van der Waals surface area contributed by atoms with Gasteiger partial charge in [0, 0.05) is 24.7 Å². The molecule has 0 radical (unpaired) electrons. The largest absolute Gasteiger partial charge is 0.444 e. The molecule has 0 saturated carbocycles. The zero-order chi connectivity index (χ0) is 16.3. The van der Waals surface area contributed by atoms with Gasteiger partial charge in [0.2, 0.25) is 0 Å². The molecule has 2 rings (SSSR count). The molecule has 124 valence electrons. The second-order valence-electron chi connectivity index (χ2n) is 7.00. The first-order chi connectivity index (χ1) is 10.3. The van der Waals surface area contributed by atoms with E-state index >= 15 is 0 Å². The zero-order valence-electron chi connectivity index (χ0n) is 14.5. The van der Waals surface area contributed by atoms with E-state index in [-0.39, 0.29) is 6.09 Å². The summed E-state index contributed by atoms with van der Waals surface area (Å²) in [6.07, 6.45) is 3.65. The lowest BCUT2D eigenvalue weighted by Gasteiger charge is -2.32. The van der Waals surface area contributed by atoms with Gasteiger partial charge in [0.05, 0.1) is 5.69 Å². The minimum absolute atomic E-state index is 0.200. The van der Waals surface area contributed by atoms with Crippen molar-refractivity contribution in [1.82, 2.24) is 14.9 Å². The number of amides is 1. The number of piperidine rings is 1. The number of aromatic nitrogens is 2. The fourth-order valence-corrected chi connectivity index (χ4v) is 2.91. The fourth-order valence-electron chi connectivity index (χ4n) is 2.91. The minimum Gasteiger partial charge on any atom is -0.444 e. The van der Waals surface area contributed by atoms with Gasteiger partial charge in [-0.2, -0.15) is 0 Å². The number of hydrogen-bond donors (Lipinski definition) is 1. The van der Waals surface area contributed by atoms with Crippen molar-refractivity contribution >= 4 is 6.09 Å². The Morgan fingerprint density at radius 3 is 2.36 bits per heavy atom. The van der Waals surface area contributed by atoms with Gasteiger partial charge < -0.3 is 14.6 Å². The molecule has 0 spiro atoms. The predicted molar refractivity (Wildman–Crippen MR) is 87.1 cm³/mol. The summed E-state index contributed by atoms with van der Waals surface area (Å²) >= 11 is 0. The van der Waals surface area contributed by atoms with Gasteiger partial charge in [0.25, 0.3) is 0 Å². The van der Waals surface area contributed by atoms with Crippen LogP contribution in [0.15, 0.2) is 0 Å². The minimum atomic E-state index is -0.430. The highest BCUT2D eigenvalue weighted by Gasteiger charge is 2.28. The molecular weight excluding hydrogens is 278 g/mol. The van der Waals surface area contributed by atoms with Crippen LogP contribution in [0.5, 0.6) is 0 Å². The number of ether oxygens (including phenoxy) is 1. The number of carbonyl (C=O) groups is 1. The third-order valence-electron chi connectivity index (χ3n) is 4.10. The Balaban J connectivity index is 1.94. The predicted octanol–water partition coefficient (Wildman–Crippen LogP) is 3.65. The number of hydrogen-bond acceptors (Lipinski definition) is 3. The topological polar surface area (TPSA) is 58.2 Å². The van der Waals surface area contributed by atoms with Crippen LogP contribution < -0.4 is 0 Å². The molecule has 1 aliphatic rings. The lowest BCUT2D eigenvalue weighted by molar-refractivity contribution is 0.0203. The number of carbonyl (C=O) groups excluding carboxylic acids is 1. The molecule has 5 heteroatoms. The number of rotatable bonds is 3. The second-order valence-corrected chi connectivity index (χ2v) is 7.00. The van der Waals surface area contributed by atoms with Crippen LogP contribution in [0.4, 0.5) is 4.79 Å². The van der Waals surface area contributed by atoms with Gasteiger partial charge >= 0.3 is 6.09 Å². The molecule has 0 atom stereocenters. The molecule has 1 aromatic heterocycles. The maximum absolute atomic E-state index is 12.1. The number of H-pyrrole nitrogens is 1. The van der Waals surface area contributed by atoms with Gasteiger partial charge in [-0.25, -0.2) is 9.78 Å². The lowest BCUT2D eigenvalue weighted by Crippen LogP contribution is -2.41. The summed E-state index contributed by atoms with van der Waals surface area (Å²) in [6.45, 7) is 11.5. The van der Waals surface area contributed by atoms with Crippen molar-refractivity contribution in [3.05, 3.63) is 17.2 Å². The van der Waals surface area contributed by atoms with Crippen LogP contribution >= 0.6 is 0 Å². The van der Waals surface area contributed by atoms with E-state index in [1.807, 2.05) is 25.7 Å². The molecular formula is C17H29N3O2. The molecule has 1 aliphatic heterocycles. The Kier molecular flexibility index (Phi) is 5.14.